The Balaban J connectivity index is 2.11. The SMILES string of the molecule is CCCC(=NNC(N)=S)c1ccc(C2CCCCC2)cc1. The van der Waals surface area contributed by atoms with Crippen LogP contribution in [-0.2, 0) is 0 Å². The van der Waals surface area contributed by atoms with Crippen molar-refractivity contribution in [2.45, 2.75) is 57.8 Å². The van der Waals surface area contributed by atoms with Crippen LogP contribution in [0.4, 0.5) is 0 Å². The molecule has 2 rings (SSSR count). The molecule has 0 aromatic heterocycles. The van der Waals surface area contributed by atoms with Crippen molar-refractivity contribution in [3.63, 3.8) is 0 Å². The fourth-order valence-corrected chi connectivity index (χ4v) is 3.05. The van der Waals surface area contributed by atoms with Crippen LogP contribution in [0.2, 0.25) is 0 Å². The topological polar surface area (TPSA) is 50.4 Å². The van der Waals surface area contributed by atoms with E-state index in [4.69, 9.17) is 18.0 Å². The Morgan fingerprint density at radius 1 is 1.24 bits per heavy atom. The van der Waals surface area contributed by atoms with Gasteiger partial charge in [-0.25, -0.2) is 0 Å². The van der Waals surface area contributed by atoms with Gasteiger partial charge in [0, 0.05) is 0 Å². The second kappa shape index (κ2) is 8.13. The van der Waals surface area contributed by atoms with Crippen molar-refractivity contribution >= 4 is 23.0 Å². The Hall–Kier alpha value is -1.42. The molecule has 0 amide bonds. The molecule has 1 aliphatic carbocycles. The van der Waals surface area contributed by atoms with Crippen LogP contribution in [0.1, 0.15) is 68.9 Å². The summed E-state index contributed by atoms with van der Waals surface area (Å²) >= 11 is 4.81. The molecule has 1 saturated carbocycles. The lowest BCUT2D eigenvalue weighted by atomic mass is 9.84. The van der Waals surface area contributed by atoms with Crippen LogP contribution in [0.3, 0.4) is 0 Å². The molecule has 0 unspecified atom stereocenters. The summed E-state index contributed by atoms with van der Waals surface area (Å²) in [6.07, 6.45) is 8.75. The first-order valence-corrected chi connectivity index (χ1v) is 8.34. The Morgan fingerprint density at radius 2 is 1.90 bits per heavy atom. The fourth-order valence-electron chi connectivity index (χ4n) is 3.01. The zero-order valence-corrected chi connectivity index (χ0v) is 13.6. The minimum atomic E-state index is 0.211. The maximum atomic E-state index is 5.45. The molecule has 0 bridgehead atoms. The summed E-state index contributed by atoms with van der Waals surface area (Å²) in [7, 11) is 0. The Bertz CT molecular complexity index is 487. The number of hydrazone groups is 1. The predicted molar refractivity (Wildman–Crippen MR) is 93.6 cm³/mol. The van der Waals surface area contributed by atoms with Gasteiger partial charge in [0.25, 0.3) is 0 Å². The zero-order valence-electron chi connectivity index (χ0n) is 12.8. The molecule has 3 nitrogen and oxygen atoms in total. The van der Waals surface area contributed by atoms with E-state index in [2.05, 4.69) is 41.7 Å². The van der Waals surface area contributed by atoms with E-state index < -0.39 is 0 Å². The highest BCUT2D eigenvalue weighted by Crippen LogP contribution is 2.32. The van der Waals surface area contributed by atoms with Crippen molar-refractivity contribution in [1.82, 2.24) is 5.43 Å². The molecule has 4 heteroatoms. The second-order valence-corrected chi connectivity index (χ2v) is 6.18. The van der Waals surface area contributed by atoms with Gasteiger partial charge in [0.15, 0.2) is 5.11 Å². The van der Waals surface area contributed by atoms with E-state index in [1.807, 2.05) is 0 Å². The molecule has 0 spiro atoms. The average molecular weight is 303 g/mol. The molecular formula is C17H25N3S. The summed E-state index contributed by atoms with van der Waals surface area (Å²) in [6, 6.07) is 8.88. The van der Waals surface area contributed by atoms with Gasteiger partial charge in [-0.1, -0.05) is 56.9 Å². The number of nitrogens with two attached hydrogens (primary N) is 1. The molecular weight excluding hydrogens is 278 g/mol. The third kappa shape index (κ3) is 4.81. The first kappa shape index (κ1) is 16.0. The molecule has 0 radical (unpaired) electrons. The summed E-state index contributed by atoms with van der Waals surface area (Å²) < 4.78 is 0. The second-order valence-electron chi connectivity index (χ2n) is 5.74. The molecule has 1 aromatic rings. The number of thiocarbonyl (C=S) groups is 1. The van der Waals surface area contributed by atoms with Crippen molar-refractivity contribution in [3.8, 4) is 0 Å². The lowest BCUT2D eigenvalue weighted by Crippen LogP contribution is -2.25. The molecule has 114 valence electrons. The van der Waals surface area contributed by atoms with E-state index in [1.165, 1.54) is 37.7 Å². The van der Waals surface area contributed by atoms with Gasteiger partial charge < -0.3 is 5.73 Å². The van der Waals surface area contributed by atoms with Crippen molar-refractivity contribution in [3.05, 3.63) is 35.4 Å². The van der Waals surface area contributed by atoms with E-state index in [0.717, 1.165) is 30.0 Å². The molecule has 0 saturated heterocycles. The fraction of sp³-hybridized carbons (Fsp3) is 0.529. The maximum Gasteiger partial charge on any atom is 0.184 e. The highest BCUT2D eigenvalue weighted by Gasteiger charge is 2.15. The molecule has 1 aromatic carbocycles. The average Bonchev–Trinajstić information content (AvgIpc) is 2.52. The Morgan fingerprint density at radius 3 is 2.48 bits per heavy atom. The van der Waals surface area contributed by atoms with Gasteiger partial charge in [-0.05, 0) is 48.5 Å². The number of hydrogen-bond donors (Lipinski definition) is 2. The monoisotopic (exact) mass is 303 g/mol. The van der Waals surface area contributed by atoms with Crippen molar-refractivity contribution < 1.29 is 0 Å². The van der Waals surface area contributed by atoms with E-state index >= 15 is 0 Å². The molecule has 0 heterocycles. The number of hydrogen-bond acceptors (Lipinski definition) is 2. The van der Waals surface area contributed by atoms with E-state index in [0.29, 0.717) is 0 Å². The highest BCUT2D eigenvalue weighted by atomic mass is 32.1. The smallest absolute Gasteiger partial charge is 0.184 e. The lowest BCUT2D eigenvalue weighted by Gasteiger charge is -2.22. The third-order valence-electron chi connectivity index (χ3n) is 4.11. The van der Waals surface area contributed by atoms with Crippen LogP contribution in [0.25, 0.3) is 0 Å². The van der Waals surface area contributed by atoms with Gasteiger partial charge in [0.1, 0.15) is 0 Å². The number of benzene rings is 1. The van der Waals surface area contributed by atoms with Crippen LogP contribution in [0.15, 0.2) is 29.4 Å². The molecule has 0 aliphatic heterocycles. The quantitative estimate of drug-likeness (QED) is 0.490. The summed E-state index contributed by atoms with van der Waals surface area (Å²) in [6.45, 7) is 2.15. The molecule has 3 N–H and O–H groups in total. The van der Waals surface area contributed by atoms with Crippen LogP contribution in [-0.4, -0.2) is 10.8 Å². The van der Waals surface area contributed by atoms with E-state index in [9.17, 15) is 0 Å². The van der Waals surface area contributed by atoms with Crippen molar-refractivity contribution in [1.29, 1.82) is 0 Å². The predicted octanol–water partition coefficient (Wildman–Crippen LogP) is 4.07. The summed E-state index contributed by atoms with van der Waals surface area (Å²) in [4.78, 5) is 0. The summed E-state index contributed by atoms with van der Waals surface area (Å²) in [5.41, 5.74) is 11.8. The van der Waals surface area contributed by atoms with Gasteiger partial charge in [0.05, 0.1) is 5.71 Å². The van der Waals surface area contributed by atoms with Gasteiger partial charge in [-0.15, -0.1) is 0 Å². The minimum absolute atomic E-state index is 0.211. The summed E-state index contributed by atoms with van der Waals surface area (Å²) in [5, 5.41) is 4.54. The first-order valence-electron chi connectivity index (χ1n) is 7.93. The molecule has 1 aliphatic rings. The van der Waals surface area contributed by atoms with Gasteiger partial charge >= 0.3 is 0 Å². The van der Waals surface area contributed by atoms with E-state index in [-0.39, 0.29) is 5.11 Å². The van der Waals surface area contributed by atoms with Gasteiger partial charge in [0.2, 0.25) is 0 Å². The highest BCUT2D eigenvalue weighted by molar-refractivity contribution is 7.80. The molecule has 21 heavy (non-hydrogen) atoms. The van der Waals surface area contributed by atoms with E-state index in [1.54, 1.807) is 0 Å². The third-order valence-corrected chi connectivity index (χ3v) is 4.20. The van der Waals surface area contributed by atoms with Crippen molar-refractivity contribution in [2.24, 2.45) is 10.8 Å². The Kier molecular flexibility index (Phi) is 6.18. The molecule has 0 atom stereocenters. The number of nitrogens with one attached hydrogen (secondary N) is 1. The number of rotatable bonds is 5. The van der Waals surface area contributed by atoms with Crippen molar-refractivity contribution in [2.75, 3.05) is 0 Å². The van der Waals surface area contributed by atoms with Crippen LogP contribution >= 0.6 is 12.2 Å². The van der Waals surface area contributed by atoms with Gasteiger partial charge in [-0.2, -0.15) is 5.10 Å². The Labute approximate surface area is 133 Å². The number of nitrogens with zero attached hydrogens (tertiary/aromatic N) is 1. The molecule has 1 fully saturated rings. The minimum Gasteiger partial charge on any atom is -0.375 e. The normalized spacial score (nSPS) is 16.7. The lowest BCUT2D eigenvalue weighted by molar-refractivity contribution is 0.443. The first-order chi connectivity index (χ1) is 10.2. The maximum absolute atomic E-state index is 5.45. The van der Waals surface area contributed by atoms with Crippen LogP contribution in [0.5, 0.6) is 0 Å². The zero-order chi connectivity index (χ0) is 15.1. The van der Waals surface area contributed by atoms with Gasteiger partial charge in [-0.3, -0.25) is 5.43 Å². The standard InChI is InChI=1S/C17H25N3S/c1-2-6-16(19-20-17(18)21)15-11-9-14(10-12-15)13-7-4-3-5-8-13/h9-13H,2-8H2,1H3,(H3,18,20,21). The van der Waals surface area contributed by atoms with Crippen LogP contribution < -0.4 is 11.2 Å². The van der Waals surface area contributed by atoms with Crippen LogP contribution in [0, 0.1) is 0 Å². The summed E-state index contributed by atoms with van der Waals surface area (Å²) in [5.74, 6) is 0.745. The largest absolute Gasteiger partial charge is 0.375 e.